The molecule has 5 nitrogen and oxygen atoms in total. The molecule has 3 rings (SSSR count). The van der Waals surface area contributed by atoms with Crippen LogP contribution in [0.1, 0.15) is 39.2 Å². The molecule has 0 radical (unpaired) electrons. The van der Waals surface area contributed by atoms with Gasteiger partial charge in [-0.25, -0.2) is 0 Å². The first-order valence-electron chi connectivity index (χ1n) is 8.30. The fourth-order valence-electron chi connectivity index (χ4n) is 3.01. The predicted molar refractivity (Wildman–Crippen MR) is 110 cm³/mol. The van der Waals surface area contributed by atoms with Crippen molar-refractivity contribution >= 4 is 57.3 Å². The average Bonchev–Trinajstić information content (AvgIpc) is 2.98. The Morgan fingerprint density at radius 3 is 2.58 bits per heavy atom. The Balaban J connectivity index is 1.82. The molecule has 0 aliphatic heterocycles. The summed E-state index contributed by atoms with van der Waals surface area (Å²) in [6.07, 6.45) is 4.32. The molecule has 1 aromatic carbocycles. The first-order chi connectivity index (χ1) is 12.5. The molecule has 0 fully saturated rings. The van der Waals surface area contributed by atoms with E-state index in [-0.39, 0.29) is 22.6 Å². The van der Waals surface area contributed by atoms with Crippen molar-refractivity contribution < 1.29 is 9.59 Å². The molecule has 0 saturated carbocycles. The van der Waals surface area contributed by atoms with Crippen molar-refractivity contribution in [2.24, 2.45) is 0 Å². The lowest BCUT2D eigenvalue weighted by molar-refractivity contribution is -0.120. The van der Waals surface area contributed by atoms with Crippen LogP contribution < -0.4 is 16.2 Å². The van der Waals surface area contributed by atoms with Crippen LogP contribution in [0.4, 0.5) is 5.00 Å². The van der Waals surface area contributed by atoms with E-state index >= 15 is 0 Å². The summed E-state index contributed by atoms with van der Waals surface area (Å²) < 4.78 is 0.0864. The largest absolute Gasteiger partial charge is 0.410 e. The number of benzene rings is 1. The first kappa shape index (κ1) is 18.8. The topological polar surface area (TPSA) is 70.2 Å². The van der Waals surface area contributed by atoms with Crippen molar-refractivity contribution in [2.45, 2.75) is 32.1 Å². The summed E-state index contributed by atoms with van der Waals surface area (Å²) in [7, 11) is 0. The number of amides is 2. The van der Waals surface area contributed by atoms with Gasteiger partial charge in [-0.05, 0) is 53.3 Å². The van der Waals surface area contributed by atoms with Gasteiger partial charge in [-0.2, -0.15) is 0 Å². The van der Waals surface area contributed by atoms with Gasteiger partial charge in [-0.1, -0.05) is 18.2 Å². The van der Waals surface area contributed by atoms with E-state index in [1.807, 2.05) is 18.2 Å². The molecule has 26 heavy (non-hydrogen) atoms. The third-order valence-corrected chi connectivity index (χ3v) is 5.64. The summed E-state index contributed by atoms with van der Waals surface area (Å²) in [5.74, 6) is -0.408. The highest BCUT2D eigenvalue weighted by Crippen LogP contribution is 2.38. The van der Waals surface area contributed by atoms with Crippen LogP contribution in [0.5, 0.6) is 0 Å². The number of thiophene rings is 1. The van der Waals surface area contributed by atoms with Crippen LogP contribution in [0, 0.1) is 0 Å². The minimum atomic E-state index is -0.237. The Morgan fingerprint density at radius 2 is 1.85 bits per heavy atom. The molecule has 0 spiro atoms. The predicted octanol–water partition coefficient (Wildman–Crippen LogP) is 2.87. The van der Waals surface area contributed by atoms with Crippen LogP contribution in [0.3, 0.4) is 0 Å². The number of thiocarbonyl (C=S) groups is 1. The molecule has 0 saturated heterocycles. The molecule has 0 unspecified atom stereocenters. The second-order valence-electron chi connectivity index (χ2n) is 5.98. The number of carbonyl (C=O) groups is 2. The van der Waals surface area contributed by atoms with E-state index in [1.54, 1.807) is 23.5 Å². The maximum atomic E-state index is 12.5. The molecular formula is C18H18N3O2S3-. The van der Waals surface area contributed by atoms with E-state index in [2.05, 4.69) is 16.2 Å². The SMILES string of the molecule is O=C(Cc1c(NC(=O)c2ccccc2)sc2c1CCCC2)NNC(=S)[S-]. The lowest BCUT2D eigenvalue weighted by Gasteiger charge is -2.14. The number of hydrogen-bond acceptors (Lipinski definition) is 5. The highest BCUT2D eigenvalue weighted by atomic mass is 32.1. The Kier molecular flexibility index (Phi) is 6.18. The van der Waals surface area contributed by atoms with E-state index in [0.29, 0.717) is 5.56 Å². The van der Waals surface area contributed by atoms with Crippen LogP contribution in [0.25, 0.3) is 0 Å². The zero-order valence-electron chi connectivity index (χ0n) is 14.0. The van der Waals surface area contributed by atoms with Crippen LogP contribution in [-0.4, -0.2) is 16.1 Å². The van der Waals surface area contributed by atoms with Crippen molar-refractivity contribution in [3.63, 3.8) is 0 Å². The van der Waals surface area contributed by atoms with E-state index < -0.39 is 0 Å². The molecule has 136 valence electrons. The number of hydrazine groups is 1. The quantitative estimate of drug-likeness (QED) is 0.415. The number of hydrogen-bond donors (Lipinski definition) is 3. The summed E-state index contributed by atoms with van der Waals surface area (Å²) in [6.45, 7) is 0. The summed E-state index contributed by atoms with van der Waals surface area (Å²) in [5, 5.41) is 3.74. The number of fused-ring (bicyclic) bond motifs is 1. The van der Waals surface area contributed by atoms with Gasteiger partial charge >= 0.3 is 0 Å². The second kappa shape index (κ2) is 8.57. The van der Waals surface area contributed by atoms with Gasteiger partial charge in [-0.3, -0.25) is 15.0 Å². The van der Waals surface area contributed by atoms with E-state index in [4.69, 9.17) is 24.8 Å². The second-order valence-corrected chi connectivity index (χ2v) is 8.16. The lowest BCUT2D eigenvalue weighted by Crippen LogP contribution is -2.40. The first-order valence-corrected chi connectivity index (χ1v) is 9.93. The third kappa shape index (κ3) is 4.57. The van der Waals surface area contributed by atoms with Gasteiger partial charge in [0.1, 0.15) is 0 Å². The van der Waals surface area contributed by atoms with E-state index in [9.17, 15) is 9.59 Å². The Bertz CT molecular complexity index is 834. The maximum Gasteiger partial charge on any atom is 0.256 e. The van der Waals surface area contributed by atoms with Gasteiger partial charge < -0.3 is 35.6 Å². The normalized spacial score (nSPS) is 12.8. The van der Waals surface area contributed by atoms with E-state index in [0.717, 1.165) is 36.2 Å². The molecule has 0 atom stereocenters. The number of aryl methyl sites for hydroxylation is 1. The fraction of sp³-hybridized carbons (Fsp3) is 0.278. The molecule has 8 heteroatoms. The van der Waals surface area contributed by atoms with Gasteiger partial charge in [0.05, 0.1) is 11.4 Å². The van der Waals surface area contributed by atoms with Gasteiger partial charge in [0.15, 0.2) is 0 Å². The number of carbonyl (C=O) groups excluding carboxylic acids is 2. The smallest absolute Gasteiger partial charge is 0.256 e. The zero-order valence-corrected chi connectivity index (χ0v) is 16.4. The van der Waals surface area contributed by atoms with Crippen molar-refractivity contribution in [1.29, 1.82) is 0 Å². The standard InChI is InChI=1S/C18H19N3O2S3/c22-15(20-21-18(24)25)10-13-12-8-4-5-9-14(12)26-17(13)19-16(23)11-6-2-1-3-7-11/h1-3,6-7H,4-5,8-10H2,(H,19,23)(H,20,22)(H2,21,24,25)/p-1. The number of anilines is 1. The van der Waals surface area contributed by atoms with Gasteiger partial charge in [0.2, 0.25) is 5.91 Å². The third-order valence-electron chi connectivity index (χ3n) is 4.19. The monoisotopic (exact) mass is 404 g/mol. The van der Waals surface area contributed by atoms with Crippen LogP contribution in [0.2, 0.25) is 0 Å². The average molecular weight is 405 g/mol. The van der Waals surface area contributed by atoms with E-state index in [1.165, 1.54) is 10.4 Å². The molecular weight excluding hydrogens is 386 g/mol. The van der Waals surface area contributed by atoms with Crippen LogP contribution in [0.15, 0.2) is 30.3 Å². The van der Waals surface area contributed by atoms with Crippen molar-refractivity contribution in [2.75, 3.05) is 5.32 Å². The van der Waals surface area contributed by atoms with Crippen LogP contribution >= 0.6 is 23.6 Å². The zero-order chi connectivity index (χ0) is 18.5. The summed E-state index contributed by atoms with van der Waals surface area (Å²) >= 11 is 11.0. The summed E-state index contributed by atoms with van der Waals surface area (Å²) in [5.41, 5.74) is 7.66. The Hall–Kier alpha value is -2.03. The molecule has 1 heterocycles. The summed E-state index contributed by atoms with van der Waals surface area (Å²) in [6, 6.07) is 9.05. The van der Waals surface area contributed by atoms with Crippen molar-refractivity contribution in [3.8, 4) is 0 Å². The fourth-order valence-corrected chi connectivity index (χ4v) is 4.42. The molecule has 2 amide bonds. The van der Waals surface area contributed by atoms with Gasteiger partial charge in [0.25, 0.3) is 5.91 Å². The maximum absolute atomic E-state index is 12.5. The molecule has 0 bridgehead atoms. The lowest BCUT2D eigenvalue weighted by atomic mass is 9.94. The highest BCUT2D eigenvalue weighted by Gasteiger charge is 2.23. The number of nitrogens with one attached hydrogen (secondary N) is 3. The Morgan fingerprint density at radius 1 is 1.12 bits per heavy atom. The molecule has 1 aliphatic carbocycles. The highest BCUT2D eigenvalue weighted by molar-refractivity contribution is 8.00. The van der Waals surface area contributed by atoms with Crippen molar-refractivity contribution in [3.05, 3.63) is 51.9 Å². The molecule has 1 aromatic heterocycles. The molecule has 1 aliphatic rings. The summed E-state index contributed by atoms with van der Waals surface area (Å²) in [4.78, 5) is 26.0. The molecule has 2 aromatic rings. The minimum Gasteiger partial charge on any atom is -0.410 e. The molecule has 3 N–H and O–H groups in total. The van der Waals surface area contributed by atoms with Gasteiger partial charge in [-0.15, -0.1) is 11.3 Å². The van der Waals surface area contributed by atoms with Gasteiger partial charge in [0, 0.05) is 10.4 Å². The minimum absolute atomic E-state index is 0.0864. The Labute approximate surface area is 166 Å². The number of rotatable bonds is 4. The van der Waals surface area contributed by atoms with Crippen molar-refractivity contribution in [1.82, 2.24) is 10.9 Å². The van der Waals surface area contributed by atoms with Crippen LogP contribution in [-0.2, 0) is 36.7 Å².